The summed E-state index contributed by atoms with van der Waals surface area (Å²) in [5.41, 5.74) is 1.07. The van der Waals surface area contributed by atoms with Gasteiger partial charge in [0.25, 0.3) is 0 Å². The number of nitrogens with zero attached hydrogens (tertiary/aromatic N) is 4. The predicted octanol–water partition coefficient (Wildman–Crippen LogP) is 0.576. The molecule has 0 bridgehead atoms. The Kier molecular flexibility index (Phi) is 4.00. The summed E-state index contributed by atoms with van der Waals surface area (Å²) in [7, 11) is -1.29. The Morgan fingerprint density at radius 1 is 1.37 bits per heavy atom. The number of tetrazole rings is 1. The molecule has 7 nitrogen and oxygen atoms in total. The lowest BCUT2D eigenvalue weighted by atomic mass is 10.2. The first-order chi connectivity index (χ1) is 9.13. The molecule has 19 heavy (non-hydrogen) atoms. The van der Waals surface area contributed by atoms with Gasteiger partial charge in [0.1, 0.15) is 0 Å². The summed E-state index contributed by atoms with van der Waals surface area (Å²) < 4.78 is 17.7. The molecular formula is C11H12N4O3S. The minimum Gasteiger partial charge on any atom is -0.462 e. The quantitative estimate of drug-likeness (QED) is 0.761. The van der Waals surface area contributed by atoms with E-state index in [2.05, 4.69) is 15.5 Å². The number of carbonyl (C=O) groups is 1. The number of rotatable bonds is 4. The molecule has 0 N–H and O–H groups in total. The van der Waals surface area contributed by atoms with Gasteiger partial charge in [-0.3, -0.25) is 4.21 Å². The van der Waals surface area contributed by atoms with Gasteiger partial charge in [-0.05, 0) is 41.6 Å². The van der Waals surface area contributed by atoms with Gasteiger partial charge in [0.05, 0.1) is 28.7 Å². The van der Waals surface area contributed by atoms with E-state index in [9.17, 15) is 9.00 Å². The zero-order valence-electron chi connectivity index (χ0n) is 10.4. The van der Waals surface area contributed by atoms with Crippen LogP contribution < -0.4 is 0 Å². The Balaban J connectivity index is 2.30. The van der Waals surface area contributed by atoms with E-state index in [1.54, 1.807) is 31.2 Å². The maximum atomic E-state index is 11.5. The smallest absolute Gasteiger partial charge is 0.338 e. The van der Waals surface area contributed by atoms with Gasteiger partial charge in [-0.15, -0.1) is 0 Å². The van der Waals surface area contributed by atoms with Gasteiger partial charge in [0, 0.05) is 6.26 Å². The van der Waals surface area contributed by atoms with Crippen molar-refractivity contribution in [3.05, 3.63) is 29.8 Å². The van der Waals surface area contributed by atoms with Crippen molar-refractivity contribution in [2.75, 3.05) is 12.9 Å². The summed E-state index contributed by atoms with van der Waals surface area (Å²) in [6.45, 7) is 2.07. The van der Waals surface area contributed by atoms with Gasteiger partial charge >= 0.3 is 5.97 Å². The minimum absolute atomic E-state index is 0.254. The van der Waals surface area contributed by atoms with E-state index in [0.717, 1.165) is 0 Å². The van der Waals surface area contributed by atoms with Crippen molar-refractivity contribution in [2.45, 2.75) is 12.1 Å². The van der Waals surface area contributed by atoms with Crippen molar-refractivity contribution in [2.24, 2.45) is 0 Å². The third-order valence-electron chi connectivity index (χ3n) is 2.32. The van der Waals surface area contributed by atoms with Crippen LogP contribution in [0.15, 0.2) is 29.4 Å². The Bertz CT molecular complexity index is 609. The molecule has 1 aromatic heterocycles. The number of hydrogen-bond acceptors (Lipinski definition) is 6. The summed E-state index contributed by atoms with van der Waals surface area (Å²) in [5, 5.41) is 11.2. The monoisotopic (exact) mass is 280 g/mol. The van der Waals surface area contributed by atoms with Crippen LogP contribution >= 0.6 is 0 Å². The molecule has 0 fully saturated rings. The van der Waals surface area contributed by atoms with E-state index in [-0.39, 0.29) is 11.1 Å². The van der Waals surface area contributed by atoms with Crippen molar-refractivity contribution in [3.8, 4) is 5.69 Å². The molecule has 0 radical (unpaired) electrons. The first kappa shape index (κ1) is 13.3. The van der Waals surface area contributed by atoms with Crippen LogP contribution in [0.25, 0.3) is 5.69 Å². The Hall–Kier alpha value is -2.09. The molecule has 100 valence electrons. The van der Waals surface area contributed by atoms with Crippen LogP contribution in [0, 0.1) is 0 Å². The number of carbonyl (C=O) groups excluding carboxylic acids is 1. The summed E-state index contributed by atoms with van der Waals surface area (Å²) in [4.78, 5) is 11.5. The molecule has 8 heteroatoms. The summed E-state index contributed by atoms with van der Waals surface area (Å²) in [5.74, 6) is -0.384. The molecule has 0 aliphatic rings. The van der Waals surface area contributed by atoms with E-state index in [4.69, 9.17) is 4.74 Å². The van der Waals surface area contributed by atoms with Crippen LogP contribution in [0.4, 0.5) is 0 Å². The van der Waals surface area contributed by atoms with Gasteiger partial charge in [-0.25, -0.2) is 4.79 Å². The predicted molar refractivity (Wildman–Crippen MR) is 67.4 cm³/mol. The molecule has 0 saturated carbocycles. The number of esters is 1. The fourth-order valence-corrected chi connectivity index (χ4v) is 2.01. The van der Waals surface area contributed by atoms with Crippen molar-refractivity contribution >= 4 is 16.8 Å². The molecule has 0 amide bonds. The molecule has 0 aliphatic heterocycles. The Morgan fingerprint density at radius 3 is 2.63 bits per heavy atom. The lowest BCUT2D eigenvalue weighted by molar-refractivity contribution is 0.0526. The van der Waals surface area contributed by atoms with Gasteiger partial charge in [0.2, 0.25) is 5.16 Å². The van der Waals surface area contributed by atoms with Gasteiger partial charge in [0.15, 0.2) is 0 Å². The molecular weight excluding hydrogens is 268 g/mol. The maximum absolute atomic E-state index is 11.5. The third-order valence-corrected chi connectivity index (χ3v) is 3.09. The van der Waals surface area contributed by atoms with Crippen LogP contribution in [0.1, 0.15) is 17.3 Å². The largest absolute Gasteiger partial charge is 0.462 e. The zero-order chi connectivity index (χ0) is 13.8. The molecule has 2 rings (SSSR count). The maximum Gasteiger partial charge on any atom is 0.338 e. The average Bonchev–Trinajstić information content (AvgIpc) is 2.88. The van der Waals surface area contributed by atoms with Crippen molar-refractivity contribution in [3.63, 3.8) is 0 Å². The Morgan fingerprint density at radius 2 is 2.05 bits per heavy atom. The topological polar surface area (TPSA) is 87.0 Å². The van der Waals surface area contributed by atoms with Crippen LogP contribution in [0.2, 0.25) is 0 Å². The first-order valence-corrected chi connectivity index (χ1v) is 7.08. The summed E-state index contributed by atoms with van der Waals surface area (Å²) >= 11 is 0. The molecule has 0 spiro atoms. The zero-order valence-corrected chi connectivity index (χ0v) is 11.3. The highest BCUT2D eigenvalue weighted by molar-refractivity contribution is 7.84. The normalized spacial score (nSPS) is 12.1. The van der Waals surface area contributed by atoms with E-state index in [1.165, 1.54) is 10.9 Å². The second-order valence-corrected chi connectivity index (χ2v) is 4.87. The van der Waals surface area contributed by atoms with E-state index in [1.807, 2.05) is 0 Å². The average molecular weight is 280 g/mol. The molecule has 1 atom stereocenters. The number of hydrogen-bond donors (Lipinski definition) is 0. The molecule has 2 aromatic rings. The molecule has 0 saturated heterocycles. The summed E-state index contributed by atoms with van der Waals surface area (Å²) in [6, 6.07) is 6.55. The fraction of sp³-hybridized carbons (Fsp3) is 0.273. The number of benzene rings is 1. The van der Waals surface area contributed by atoms with Crippen molar-refractivity contribution in [1.29, 1.82) is 0 Å². The van der Waals surface area contributed by atoms with Crippen molar-refractivity contribution < 1.29 is 13.7 Å². The number of ether oxygens (including phenoxy) is 1. The van der Waals surface area contributed by atoms with E-state index < -0.39 is 10.8 Å². The van der Waals surface area contributed by atoms with Crippen molar-refractivity contribution in [1.82, 2.24) is 20.2 Å². The first-order valence-electron chi connectivity index (χ1n) is 5.53. The lowest BCUT2D eigenvalue weighted by Crippen LogP contribution is -2.07. The molecule has 1 unspecified atom stereocenters. The third kappa shape index (κ3) is 2.84. The molecule has 1 heterocycles. The standard InChI is InChI=1S/C11H12N4O3S/c1-3-18-10(16)8-4-6-9(7-5-8)15-11(19(2)17)12-13-14-15/h4-7H,3H2,1-2H3. The minimum atomic E-state index is -1.29. The Labute approximate surface area is 112 Å². The van der Waals surface area contributed by atoms with Gasteiger partial charge in [-0.2, -0.15) is 4.68 Å². The lowest BCUT2D eigenvalue weighted by Gasteiger charge is -2.04. The van der Waals surface area contributed by atoms with Crippen LogP contribution in [0.3, 0.4) is 0 Å². The highest BCUT2D eigenvalue weighted by atomic mass is 32.2. The molecule has 1 aromatic carbocycles. The second kappa shape index (κ2) is 5.70. The van der Waals surface area contributed by atoms with Crippen LogP contribution in [0.5, 0.6) is 0 Å². The van der Waals surface area contributed by atoms with Crippen LogP contribution in [-0.4, -0.2) is 43.2 Å². The van der Waals surface area contributed by atoms with E-state index in [0.29, 0.717) is 17.9 Å². The number of aromatic nitrogens is 4. The SMILES string of the molecule is CCOC(=O)c1ccc(-n2nnnc2S(C)=O)cc1. The van der Waals surface area contributed by atoms with Gasteiger partial charge in [-0.1, -0.05) is 5.10 Å². The van der Waals surface area contributed by atoms with Gasteiger partial charge < -0.3 is 4.74 Å². The van der Waals surface area contributed by atoms with E-state index >= 15 is 0 Å². The van der Waals surface area contributed by atoms with Crippen LogP contribution in [-0.2, 0) is 15.5 Å². The summed E-state index contributed by atoms with van der Waals surface area (Å²) in [6.07, 6.45) is 1.50. The molecule has 0 aliphatic carbocycles. The fourth-order valence-electron chi connectivity index (χ4n) is 1.47. The highest BCUT2D eigenvalue weighted by Gasteiger charge is 2.12. The second-order valence-electron chi connectivity index (χ2n) is 3.59. The highest BCUT2D eigenvalue weighted by Crippen LogP contribution is 2.12.